The van der Waals surface area contributed by atoms with Gasteiger partial charge in [-0.15, -0.1) is 19.0 Å². The molecule has 0 rings (SSSR count). The molecule has 4 atom stereocenters. The molecule has 0 fully saturated rings. The van der Waals surface area contributed by atoms with Crippen molar-refractivity contribution in [3.63, 3.8) is 0 Å². The van der Waals surface area contributed by atoms with Crippen molar-refractivity contribution in [1.29, 1.82) is 0 Å². The van der Waals surface area contributed by atoms with Gasteiger partial charge in [-0.25, -0.2) is 9.59 Å². The number of hydrogen-bond donors (Lipinski definition) is 6. The van der Waals surface area contributed by atoms with Gasteiger partial charge in [-0.05, 0) is 33.6 Å². The van der Waals surface area contributed by atoms with Crippen LogP contribution < -0.4 is 16.4 Å². The number of amides is 2. The Kier molecular flexibility index (Phi) is 18.3. The van der Waals surface area contributed by atoms with Gasteiger partial charge in [-0.2, -0.15) is 26.3 Å². The fourth-order valence-electron chi connectivity index (χ4n) is 2.22. The van der Waals surface area contributed by atoms with Crippen molar-refractivity contribution in [3.8, 4) is 0 Å². The number of alkyl carbamates (subject to hydrolysis) is 1. The van der Waals surface area contributed by atoms with Crippen LogP contribution in [0.5, 0.6) is 0 Å². The molecule has 10 nitrogen and oxygen atoms in total. The number of aliphatic hydroxyl groups is 2. The van der Waals surface area contributed by atoms with E-state index >= 15 is 0 Å². The van der Waals surface area contributed by atoms with Crippen LogP contribution in [0.1, 0.15) is 46.5 Å². The maximum absolute atomic E-state index is 12.1. The highest BCUT2D eigenvalue weighted by molar-refractivity contribution is 5.85. The minimum absolute atomic E-state index is 0. The summed E-state index contributed by atoms with van der Waals surface area (Å²) in [6.07, 6.45) is -16.1. The number of nitrogens with two attached hydrogens (primary N) is 1. The Balaban J connectivity index is -0.000000623. The third-order valence-electron chi connectivity index (χ3n) is 3.93. The number of rotatable bonds is 11. The fourth-order valence-corrected chi connectivity index (χ4v) is 2.22. The summed E-state index contributed by atoms with van der Waals surface area (Å²) in [5.41, 5.74) is 4.36. The largest absolute Gasteiger partial charge is 0.479 e. The molecule has 2 amide bonds. The molecule has 0 heterocycles. The second kappa shape index (κ2) is 17.3. The van der Waals surface area contributed by atoms with Crippen LogP contribution in [0.4, 0.5) is 31.1 Å². The zero-order valence-electron chi connectivity index (χ0n) is 20.4. The molecule has 7 N–H and O–H groups in total. The molecule has 220 valence electrons. The maximum Gasteiger partial charge on any atom is 0.407 e. The van der Waals surface area contributed by atoms with Crippen molar-refractivity contribution >= 4 is 30.4 Å². The maximum atomic E-state index is 12.1. The molecule has 0 spiro atoms. The van der Waals surface area contributed by atoms with Crippen molar-refractivity contribution < 1.29 is 60.8 Å². The van der Waals surface area contributed by atoms with Gasteiger partial charge in [0.2, 0.25) is 0 Å². The van der Waals surface area contributed by atoms with Crippen LogP contribution in [0, 0.1) is 0 Å². The lowest BCUT2D eigenvalue weighted by atomic mass is 10.1. The Morgan fingerprint density at radius 3 is 1.81 bits per heavy atom. The summed E-state index contributed by atoms with van der Waals surface area (Å²) in [4.78, 5) is 33.1. The molecule has 0 aliphatic rings. The third kappa shape index (κ3) is 22.6. The van der Waals surface area contributed by atoms with Gasteiger partial charge in [0.25, 0.3) is 5.91 Å². The van der Waals surface area contributed by atoms with E-state index in [1.54, 1.807) is 0 Å². The highest BCUT2D eigenvalue weighted by Gasteiger charge is 2.34. The van der Waals surface area contributed by atoms with Crippen LogP contribution in [0.15, 0.2) is 12.7 Å². The first-order chi connectivity index (χ1) is 16.1. The summed E-state index contributed by atoms with van der Waals surface area (Å²) in [5.74, 6) is -2.53. The van der Waals surface area contributed by atoms with Gasteiger partial charge in [0.05, 0.1) is 6.04 Å². The molecule has 0 saturated heterocycles. The van der Waals surface area contributed by atoms with Gasteiger partial charge in [0.15, 0.2) is 6.10 Å². The summed E-state index contributed by atoms with van der Waals surface area (Å²) in [5, 5.41) is 31.3. The minimum Gasteiger partial charge on any atom is -0.479 e. The van der Waals surface area contributed by atoms with E-state index in [0.29, 0.717) is 0 Å². The number of ether oxygens (including phenoxy) is 1. The zero-order chi connectivity index (χ0) is 28.9. The number of carboxylic acids is 1. The van der Waals surface area contributed by atoms with Gasteiger partial charge >= 0.3 is 24.4 Å². The number of hydrogen-bond acceptors (Lipinski definition) is 7. The number of aliphatic carboxylic acids is 1. The van der Waals surface area contributed by atoms with Gasteiger partial charge < -0.3 is 36.4 Å². The molecule has 0 aromatic rings. The molecular weight excluding hydrogens is 544 g/mol. The van der Waals surface area contributed by atoms with Crippen molar-refractivity contribution in [2.45, 2.75) is 88.7 Å². The standard InChI is InChI=1S/C11H18F3NO5.C9H15F3N2O2.ClH/c1-10(2,3)20-9(19)15-6(7(16)8(17)18)4-5-11(12,13)14;1-2-5-14-8(16)7(15)6(13)3-4-9(10,11)12;/h6-7,16H,4-5H2,1-3H3,(H,15,19)(H,17,18);2,6-7,15H,1,3-5,13H2,(H,14,16);1H. The number of carboxylic acid groups (broad SMARTS) is 1. The van der Waals surface area contributed by atoms with E-state index in [2.05, 4.69) is 11.9 Å². The molecule has 0 aliphatic heterocycles. The lowest BCUT2D eigenvalue weighted by molar-refractivity contribution is -0.152. The van der Waals surface area contributed by atoms with Crippen LogP contribution in [-0.2, 0) is 14.3 Å². The summed E-state index contributed by atoms with van der Waals surface area (Å²) in [6, 6.07) is -2.82. The van der Waals surface area contributed by atoms with Crippen molar-refractivity contribution in [1.82, 2.24) is 10.6 Å². The Bertz CT molecular complexity index is 718. The number of carbonyl (C=O) groups excluding carboxylic acids is 2. The summed E-state index contributed by atoms with van der Waals surface area (Å²) < 4.78 is 76.6. The molecule has 37 heavy (non-hydrogen) atoms. The van der Waals surface area contributed by atoms with E-state index in [-0.39, 0.29) is 19.0 Å². The molecule has 0 aromatic carbocycles. The summed E-state index contributed by atoms with van der Waals surface area (Å²) in [7, 11) is 0. The minimum atomic E-state index is -4.52. The Labute approximate surface area is 216 Å². The SMILES string of the molecule is C=CCNC(=O)C(O)C(N)CCC(F)(F)F.CC(C)(C)OC(=O)NC(CCC(F)(F)F)C(O)C(=O)O.Cl. The number of alkyl halides is 6. The molecule has 0 saturated carbocycles. The molecule has 4 unspecified atom stereocenters. The van der Waals surface area contributed by atoms with E-state index in [1.165, 1.54) is 26.8 Å². The van der Waals surface area contributed by atoms with E-state index in [0.717, 1.165) is 0 Å². The van der Waals surface area contributed by atoms with Crippen molar-refractivity contribution in [2.24, 2.45) is 5.73 Å². The number of nitrogens with one attached hydrogen (secondary N) is 2. The predicted octanol–water partition coefficient (Wildman–Crippen LogP) is 2.41. The quantitative estimate of drug-likeness (QED) is 0.160. The van der Waals surface area contributed by atoms with E-state index < -0.39 is 85.9 Å². The molecule has 0 radical (unpaired) electrons. The molecule has 0 bridgehead atoms. The Morgan fingerprint density at radius 2 is 1.43 bits per heavy atom. The second-order valence-electron chi connectivity index (χ2n) is 8.49. The van der Waals surface area contributed by atoms with Crippen LogP contribution in [0.2, 0.25) is 0 Å². The second-order valence-corrected chi connectivity index (χ2v) is 8.49. The smallest absolute Gasteiger partial charge is 0.407 e. The monoisotopic (exact) mass is 577 g/mol. The average molecular weight is 578 g/mol. The third-order valence-corrected chi connectivity index (χ3v) is 3.93. The Morgan fingerprint density at radius 1 is 0.973 bits per heavy atom. The summed E-state index contributed by atoms with van der Waals surface area (Å²) in [6.45, 7) is 8.05. The van der Waals surface area contributed by atoms with Crippen molar-refractivity contribution in [2.75, 3.05) is 6.54 Å². The van der Waals surface area contributed by atoms with E-state index in [9.17, 15) is 50.9 Å². The lowest BCUT2D eigenvalue weighted by Gasteiger charge is -2.25. The van der Waals surface area contributed by atoms with E-state index in [4.69, 9.17) is 15.6 Å². The van der Waals surface area contributed by atoms with Gasteiger partial charge in [-0.3, -0.25) is 4.79 Å². The zero-order valence-corrected chi connectivity index (χ0v) is 21.2. The van der Waals surface area contributed by atoms with Gasteiger partial charge in [0.1, 0.15) is 11.7 Å². The number of carbonyl (C=O) groups is 3. The lowest BCUT2D eigenvalue weighted by Crippen LogP contribution is -2.48. The number of aliphatic hydroxyl groups excluding tert-OH is 2. The molecule has 0 aliphatic carbocycles. The molecule has 17 heteroatoms. The normalized spacial score (nSPS) is 14.9. The molecular formula is C20H34ClF6N3O7. The van der Waals surface area contributed by atoms with Crippen LogP contribution in [0.25, 0.3) is 0 Å². The predicted molar refractivity (Wildman–Crippen MR) is 122 cm³/mol. The van der Waals surface area contributed by atoms with E-state index in [1.807, 2.05) is 5.32 Å². The van der Waals surface area contributed by atoms with Gasteiger partial charge in [-0.1, -0.05) is 6.08 Å². The number of halogens is 7. The summed E-state index contributed by atoms with van der Waals surface area (Å²) >= 11 is 0. The Hall–Kier alpha value is -2.30. The van der Waals surface area contributed by atoms with Gasteiger partial charge in [0, 0.05) is 25.4 Å². The molecule has 0 aromatic heterocycles. The van der Waals surface area contributed by atoms with Crippen LogP contribution in [0.3, 0.4) is 0 Å². The average Bonchev–Trinajstić information content (AvgIpc) is 2.69. The van der Waals surface area contributed by atoms with Crippen molar-refractivity contribution in [3.05, 3.63) is 12.7 Å². The fraction of sp³-hybridized carbons (Fsp3) is 0.750. The van der Waals surface area contributed by atoms with Crippen LogP contribution in [-0.4, -0.2) is 82.1 Å². The highest BCUT2D eigenvalue weighted by atomic mass is 35.5. The first-order valence-corrected chi connectivity index (χ1v) is 10.5. The highest BCUT2D eigenvalue weighted by Crippen LogP contribution is 2.24. The van der Waals surface area contributed by atoms with Crippen LogP contribution >= 0.6 is 12.4 Å². The topological polar surface area (TPSA) is 171 Å². The first-order valence-electron chi connectivity index (χ1n) is 10.5. The first kappa shape index (κ1) is 39.2.